The third kappa shape index (κ3) is 4.98. The molecule has 0 aliphatic carbocycles. The highest BCUT2D eigenvalue weighted by molar-refractivity contribution is 9.10. The monoisotopic (exact) mass is 596 g/mol. The van der Waals surface area contributed by atoms with Gasteiger partial charge in [-0.15, -0.1) is 0 Å². The van der Waals surface area contributed by atoms with E-state index < -0.39 is 11.6 Å². The van der Waals surface area contributed by atoms with E-state index in [1.165, 1.54) is 42.3 Å². The van der Waals surface area contributed by atoms with Gasteiger partial charge in [-0.2, -0.15) is 9.49 Å². The van der Waals surface area contributed by atoms with Gasteiger partial charge in [-0.3, -0.25) is 4.79 Å². The molecule has 0 spiro atoms. The number of fused-ring (bicyclic) bond motifs is 1. The van der Waals surface area contributed by atoms with Crippen LogP contribution in [0.5, 0.6) is 17.2 Å². The Morgan fingerprint density at radius 3 is 2.67 bits per heavy atom. The molecule has 11 heteroatoms. The Hall–Kier alpha value is -4.22. The lowest BCUT2D eigenvalue weighted by molar-refractivity contribution is 0.0847. The van der Waals surface area contributed by atoms with Crippen molar-refractivity contribution in [1.29, 1.82) is 0 Å². The van der Waals surface area contributed by atoms with Gasteiger partial charge in [-0.1, -0.05) is 22.0 Å². The molecule has 0 aliphatic rings. The first-order chi connectivity index (χ1) is 18.8. The molecule has 0 bridgehead atoms. The van der Waals surface area contributed by atoms with Crippen molar-refractivity contribution in [2.45, 2.75) is 13.7 Å². The average Bonchev–Trinajstić information content (AvgIpc) is 3.49. The van der Waals surface area contributed by atoms with Crippen LogP contribution in [0.3, 0.4) is 0 Å². The average molecular weight is 597 g/mol. The number of hydrogen-bond donors (Lipinski definition) is 1. The normalized spacial score (nSPS) is 11.2. The zero-order valence-electron chi connectivity index (χ0n) is 21.0. The maximum atomic E-state index is 14.1. The molecule has 39 heavy (non-hydrogen) atoms. The lowest BCUT2D eigenvalue weighted by Crippen LogP contribution is -2.13. The Morgan fingerprint density at radius 1 is 1.08 bits per heavy atom. The Morgan fingerprint density at radius 2 is 1.90 bits per heavy atom. The fourth-order valence-corrected chi connectivity index (χ4v) is 4.58. The van der Waals surface area contributed by atoms with E-state index in [1.54, 1.807) is 16.7 Å². The number of nitrogens with two attached hydrogens (primary N) is 1. The molecule has 8 nitrogen and oxygen atoms in total. The predicted molar refractivity (Wildman–Crippen MR) is 146 cm³/mol. The number of ketones is 1. The fourth-order valence-electron chi connectivity index (χ4n) is 4.20. The van der Waals surface area contributed by atoms with Gasteiger partial charge in [0.2, 0.25) is 11.6 Å². The SMILES string of the molecule is CCOCn1c(C(=O)c2cnn(-c3ccc(Oc4cccc(F)c4F)cc3OC)c2N)cc2cc(Br)ccc21. The largest absolute Gasteiger partial charge is 0.494 e. The number of anilines is 1. The molecule has 0 atom stereocenters. The van der Waals surface area contributed by atoms with Gasteiger partial charge < -0.3 is 24.5 Å². The molecule has 0 amide bonds. The van der Waals surface area contributed by atoms with Crippen LogP contribution < -0.4 is 15.2 Å². The summed E-state index contributed by atoms with van der Waals surface area (Å²) in [5, 5.41) is 5.20. The number of nitrogen functional groups attached to an aromatic ring is 1. The van der Waals surface area contributed by atoms with E-state index in [2.05, 4.69) is 21.0 Å². The van der Waals surface area contributed by atoms with E-state index in [-0.39, 0.29) is 41.1 Å². The minimum absolute atomic E-state index is 0.0949. The second-order valence-corrected chi connectivity index (χ2v) is 9.37. The van der Waals surface area contributed by atoms with Crippen LogP contribution >= 0.6 is 15.9 Å². The lowest BCUT2D eigenvalue weighted by atomic mass is 10.1. The van der Waals surface area contributed by atoms with Crippen molar-refractivity contribution in [3.8, 4) is 22.9 Å². The van der Waals surface area contributed by atoms with Gasteiger partial charge in [0.25, 0.3) is 0 Å². The van der Waals surface area contributed by atoms with Crippen LogP contribution in [-0.2, 0) is 11.5 Å². The van der Waals surface area contributed by atoms with Crippen LogP contribution in [0.1, 0.15) is 23.0 Å². The highest BCUT2D eigenvalue weighted by Crippen LogP contribution is 2.34. The first kappa shape index (κ1) is 26.4. The summed E-state index contributed by atoms with van der Waals surface area (Å²) in [4.78, 5) is 13.7. The first-order valence-corrected chi connectivity index (χ1v) is 12.7. The van der Waals surface area contributed by atoms with Crippen molar-refractivity contribution in [3.05, 3.63) is 94.2 Å². The maximum absolute atomic E-state index is 14.1. The molecule has 3 aromatic carbocycles. The molecule has 0 saturated heterocycles. The minimum atomic E-state index is -1.10. The number of carbonyl (C=O) groups excluding carboxylic acids is 1. The molecule has 0 radical (unpaired) electrons. The van der Waals surface area contributed by atoms with Crippen LogP contribution in [0.4, 0.5) is 14.6 Å². The van der Waals surface area contributed by atoms with Gasteiger partial charge in [0.05, 0.1) is 30.1 Å². The van der Waals surface area contributed by atoms with E-state index in [0.717, 1.165) is 21.4 Å². The Kier molecular flexibility index (Phi) is 7.36. The summed E-state index contributed by atoms with van der Waals surface area (Å²) < 4.78 is 48.3. The molecule has 2 N–H and O–H groups in total. The summed E-state index contributed by atoms with van der Waals surface area (Å²) in [6.45, 7) is 2.55. The van der Waals surface area contributed by atoms with Crippen LogP contribution in [0.25, 0.3) is 16.6 Å². The Labute approximate surface area is 230 Å². The summed E-state index contributed by atoms with van der Waals surface area (Å²) >= 11 is 3.47. The Bertz CT molecular complexity index is 1700. The van der Waals surface area contributed by atoms with Gasteiger partial charge in [0.1, 0.15) is 29.7 Å². The van der Waals surface area contributed by atoms with Gasteiger partial charge >= 0.3 is 0 Å². The molecule has 2 heterocycles. The second kappa shape index (κ2) is 10.9. The highest BCUT2D eigenvalue weighted by Gasteiger charge is 2.24. The third-order valence-corrected chi connectivity index (χ3v) is 6.59. The molecule has 5 aromatic rings. The van der Waals surface area contributed by atoms with Crippen LogP contribution in [0, 0.1) is 11.6 Å². The number of rotatable bonds is 9. The van der Waals surface area contributed by atoms with Crippen molar-refractivity contribution in [1.82, 2.24) is 14.3 Å². The summed E-state index contributed by atoms with van der Waals surface area (Å²) in [6, 6.07) is 15.8. The topological polar surface area (TPSA) is 93.5 Å². The molecule has 5 rings (SSSR count). The fraction of sp³-hybridized carbons (Fsp3) is 0.143. The van der Waals surface area contributed by atoms with Crippen molar-refractivity contribution in [2.75, 3.05) is 19.5 Å². The zero-order valence-corrected chi connectivity index (χ0v) is 22.5. The number of methoxy groups -OCH3 is 1. The number of carbonyl (C=O) groups is 1. The van der Waals surface area contributed by atoms with E-state index in [1.807, 2.05) is 25.1 Å². The van der Waals surface area contributed by atoms with Crippen molar-refractivity contribution < 1.29 is 27.8 Å². The summed E-state index contributed by atoms with van der Waals surface area (Å²) in [7, 11) is 1.43. The van der Waals surface area contributed by atoms with Crippen LogP contribution in [0.15, 0.2) is 71.3 Å². The standard InChI is InChI=1S/C28H23BrF2N4O4/c1-3-38-15-34-21-9-7-17(29)11-16(21)12-23(34)27(36)19-14-33-35(28(19)32)22-10-8-18(13-25(22)37-2)39-24-6-4-5-20(30)26(24)31/h4-14H,3,15,32H2,1-2H3. The summed E-state index contributed by atoms with van der Waals surface area (Å²) in [5.41, 5.74) is 8.27. The predicted octanol–water partition coefficient (Wildman–Crippen LogP) is 6.48. The van der Waals surface area contributed by atoms with Crippen molar-refractivity contribution in [2.24, 2.45) is 0 Å². The number of ether oxygens (including phenoxy) is 3. The molecule has 0 unspecified atom stereocenters. The lowest BCUT2D eigenvalue weighted by Gasteiger charge is -2.13. The summed E-state index contributed by atoms with van der Waals surface area (Å²) in [6.07, 6.45) is 1.39. The number of nitrogens with zero attached hydrogens (tertiary/aromatic N) is 3. The van der Waals surface area contributed by atoms with Crippen LogP contribution in [0.2, 0.25) is 0 Å². The molecular weight excluding hydrogens is 574 g/mol. The van der Waals surface area contributed by atoms with E-state index in [4.69, 9.17) is 19.9 Å². The number of hydrogen-bond acceptors (Lipinski definition) is 6. The van der Waals surface area contributed by atoms with E-state index in [9.17, 15) is 13.6 Å². The minimum Gasteiger partial charge on any atom is -0.494 e. The van der Waals surface area contributed by atoms with Gasteiger partial charge in [-0.05, 0) is 55.5 Å². The molecular formula is C28H23BrF2N4O4. The molecule has 200 valence electrons. The summed E-state index contributed by atoms with van der Waals surface area (Å²) in [5.74, 6) is -2.14. The van der Waals surface area contributed by atoms with Crippen molar-refractivity contribution >= 4 is 38.4 Å². The Balaban J connectivity index is 1.50. The second-order valence-electron chi connectivity index (χ2n) is 8.45. The number of benzene rings is 3. The molecule has 0 saturated carbocycles. The maximum Gasteiger partial charge on any atom is 0.214 e. The van der Waals surface area contributed by atoms with E-state index >= 15 is 0 Å². The third-order valence-electron chi connectivity index (χ3n) is 6.09. The quantitative estimate of drug-likeness (QED) is 0.196. The smallest absolute Gasteiger partial charge is 0.214 e. The molecule has 0 aliphatic heterocycles. The van der Waals surface area contributed by atoms with Gasteiger partial charge in [-0.25, -0.2) is 9.07 Å². The van der Waals surface area contributed by atoms with E-state index in [0.29, 0.717) is 18.0 Å². The zero-order chi connectivity index (χ0) is 27.7. The van der Waals surface area contributed by atoms with Crippen molar-refractivity contribution in [3.63, 3.8) is 0 Å². The highest BCUT2D eigenvalue weighted by atomic mass is 79.9. The van der Waals surface area contributed by atoms with Gasteiger partial charge in [0, 0.05) is 22.5 Å². The first-order valence-electron chi connectivity index (χ1n) is 11.9. The molecule has 2 aromatic heterocycles. The number of aromatic nitrogens is 3. The number of halogens is 3. The van der Waals surface area contributed by atoms with Gasteiger partial charge in [0.15, 0.2) is 11.6 Å². The van der Waals surface area contributed by atoms with Crippen LogP contribution in [-0.4, -0.2) is 33.8 Å². The molecule has 0 fully saturated rings.